The SMILES string of the molecule is CC(=O)C1=NN(c2ccccc2)[C@H](c2ccc(N(C)C)cc2)N1c1ccc(Oc2ccc(Cl)cc2)cc1. The van der Waals surface area contributed by atoms with Gasteiger partial charge in [0.05, 0.1) is 5.69 Å². The van der Waals surface area contributed by atoms with Crippen LogP contribution in [-0.4, -0.2) is 25.7 Å². The fourth-order valence-corrected chi connectivity index (χ4v) is 4.39. The molecule has 37 heavy (non-hydrogen) atoms. The van der Waals surface area contributed by atoms with Gasteiger partial charge in [-0.3, -0.25) is 9.69 Å². The Morgan fingerprint density at radius 3 is 1.97 bits per heavy atom. The summed E-state index contributed by atoms with van der Waals surface area (Å²) in [4.78, 5) is 16.9. The minimum atomic E-state index is -0.347. The fraction of sp³-hybridized carbons (Fsp3) is 0.133. The van der Waals surface area contributed by atoms with E-state index in [-0.39, 0.29) is 11.9 Å². The molecule has 1 aliphatic rings. The van der Waals surface area contributed by atoms with Gasteiger partial charge in [0, 0.05) is 37.4 Å². The average Bonchev–Trinajstić information content (AvgIpc) is 3.32. The van der Waals surface area contributed by atoms with Gasteiger partial charge in [-0.2, -0.15) is 0 Å². The van der Waals surface area contributed by atoms with Crippen molar-refractivity contribution in [1.82, 2.24) is 0 Å². The number of ketones is 1. The molecule has 1 heterocycles. The number of Topliss-reactive ketones (excluding diaryl/α,β-unsaturated/α-hetero) is 1. The Hall–Kier alpha value is -4.29. The van der Waals surface area contributed by atoms with E-state index in [2.05, 4.69) is 29.2 Å². The molecule has 0 saturated carbocycles. The van der Waals surface area contributed by atoms with Crippen LogP contribution in [0.3, 0.4) is 0 Å². The van der Waals surface area contributed by atoms with Gasteiger partial charge in [-0.05, 0) is 78.4 Å². The van der Waals surface area contributed by atoms with Crippen molar-refractivity contribution >= 4 is 40.3 Å². The normalized spacial score (nSPS) is 14.9. The molecule has 0 radical (unpaired) electrons. The summed E-state index contributed by atoms with van der Waals surface area (Å²) in [5, 5.41) is 7.36. The largest absolute Gasteiger partial charge is 0.457 e. The van der Waals surface area contributed by atoms with Gasteiger partial charge in [-0.15, -0.1) is 5.10 Å². The van der Waals surface area contributed by atoms with E-state index in [1.54, 1.807) is 19.1 Å². The number of carbonyl (C=O) groups is 1. The van der Waals surface area contributed by atoms with Gasteiger partial charge in [0.15, 0.2) is 17.8 Å². The zero-order chi connectivity index (χ0) is 25.9. The number of halogens is 1. The van der Waals surface area contributed by atoms with Crippen LogP contribution in [0.4, 0.5) is 17.1 Å². The second kappa shape index (κ2) is 10.4. The number of hydrogen-bond acceptors (Lipinski definition) is 6. The lowest BCUT2D eigenvalue weighted by Crippen LogP contribution is -2.37. The van der Waals surface area contributed by atoms with Gasteiger partial charge in [-0.1, -0.05) is 41.9 Å². The van der Waals surface area contributed by atoms with Crippen LogP contribution in [0.25, 0.3) is 0 Å². The molecule has 186 valence electrons. The molecule has 0 aliphatic carbocycles. The van der Waals surface area contributed by atoms with E-state index in [9.17, 15) is 4.79 Å². The zero-order valence-electron chi connectivity index (χ0n) is 20.9. The van der Waals surface area contributed by atoms with Crippen LogP contribution >= 0.6 is 11.6 Å². The van der Waals surface area contributed by atoms with Crippen LogP contribution < -0.4 is 19.5 Å². The standard InChI is InChI=1S/C30H27ClN4O2/c1-21(36)29-32-35(26-7-5-4-6-8-26)30(22-9-13-24(14-10-22)33(2)3)34(29)25-15-19-28(20-16-25)37-27-17-11-23(31)12-18-27/h4-20,30H,1-3H3/t30-/m1/s1. The predicted octanol–water partition coefficient (Wildman–Crippen LogP) is 7.13. The van der Waals surface area contributed by atoms with E-state index in [1.807, 2.05) is 90.7 Å². The fourth-order valence-electron chi connectivity index (χ4n) is 4.26. The maximum absolute atomic E-state index is 12.8. The molecule has 0 amide bonds. The smallest absolute Gasteiger partial charge is 0.198 e. The number of hydrazone groups is 1. The van der Waals surface area contributed by atoms with E-state index >= 15 is 0 Å². The average molecular weight is 511 g/mol. The highest BCUT2D eigenvalue weighted by atomic mass is 35.5. The van der Waals surface area contributed by atoms with E-state index < -0.39 is 0 Å². The first-order chi connectivity index (χ1) is 17.9. The first-order valence-corrected chi connectivity index (χ1v) is 12.3. The minimum Gasteiger partial charge on any atom is -0.457 e. The molecule has 0 bridgehead atoms. The Morgan fingerprint density at radius 1 is 0.811 bits per heavy atom. The van der Waals surface area contributed by atoms with Crippen LogP contribution in [-0.2, 0) is 4.79 Å². The van der Waals surface area contributed by atoms with Crippen LogP contribution in [0.2, 0.25) is 5.02 Å². The van der Waals surface area contributed by atoms with Crippen LogP contribution in [0.1, 0.15) is 18.7 Å². The Bertz CT molecular complexity index is 1400. The predicted molar refractivity (Wildman–Crippen MR) is 151 cm³/mol. The highest BCUT2D eigenvalue weighted by Crippen LogP contribution is 2.40. The molecule has 0 aromatic heterocycles. The number of rotatable bonds is 7. The van der Waals surface area contributed by atoms with E-state index in [1.165, 1.54) is 0 Å². The molecule has 5 rings (SSSR count). The molecule has 6 nitrogen and oxygen atoms in total. The molecule has 0 N–H and O–H groups in total. The first-order valence-electron chi connectivity index (χ1n) is 11.9. The van der Waals surface area contributed by atoms with Crippen molar-refractivity contribution in [2.24, 2.45) is 5.10 Å². The highest BCUT2D eigenvalue weighted by molar-refractivity contribution is 6.44. The number of nitrogens with zero attached hydrogens (tertiary/aromatic N) is 4. The summed E-state index contributed by atoms with van der Waals surface area (Å²) in [5.41, 5.74) is 3.83. The van der Waals surface area contributed by atoms with Crippen molar-refractivity contribution in [2.75, 3.05) is 28.9 Å². The number of ether oxygens (including phenoxy) is 1. The van der Waals surface area contributed by atoms with Crippen LogP contribution in [0, 0.1) is 0 Å². The van der Waals surface area contributed by atoms with Gasteiger partial charge in [0.2, 0.25) is 0 Å². The summed E-state index contributed by atoms with van der Waals surface area (Å²) in [6.07, 6.45) is -0.347. The minimum absolute atomic E-state index is 0.116. The molecule has 0 saturated heterocycles. The number of benzene rings is 4. The first kappa shape index (κ1) is 24.4. The van der Waals surface area contributed by atoms with E-state index in [4.69, 9.17) is 21.4 Å². The molecule has 4 aromatic rings. The van der Waals surface area contributed by atoms with Gasteiger partial charge >= 0.3 is 0 Å². The van der Waals surface area contributed by atoms with Crippen molar-refractivity contribution in [3.05, 3.63) is 114 Å². The second-order valence-electron chi connectivity index (χ2n) is 8.94. The van der Waals surface area contributed by atoms with Gasteiger partial charge in [-0.25, -0.2) is 5.01 Å². The van der Waals surface area contributed by atoms with Gasteiger partial charge in [0.25, 0.3) is 0 Å². The lowest BCUT2D eigenvalue weighted by molar-refractivity contribution is -0.111. The van der Waals surface area contributed by atoms with Crippen molar-refractivity contribution in [3.8, 4) is 11.5 Å². The Balaban J connectivity index is 1.54. The highest BCUT2D eigenvalue weighted by Gasteiger charge is 2.39. The van der Waals surface area contributed by atoms with E-state index in [0.29, 0.717) is 22.4 Å². The quantitative estimate of drug-likeness (QED) is 0.265. The Kier molecular flexibility index (Phi) is 6.84. The van der Waals surface area contributed by atoms with Crippen molar-refractivity contribution in [1.29, 1.82) is 0 Å². The van der Waals surface area contributed by atoms with Crippen LogP contribution in [0.5, 0.6) is 11.5 Å². The lowest BCUT2D eigenvalue weighted by atomic mass is 10.1. The number of para-hydroxylation sites is 1. The molecule has 4 aromatic carbocycles. The third-order valence-electron chi connectivity index (χ3n) is 6.11. The number of hydrogen-bond donors (Lipinski definition) is 0. The van der Waals surface area contributed by atoms with E-state index in [0.717, 1.165) is 22.6 Å². The maximum Gasteiger partial charge on any atom is 0.198 e. The third-order valence-corrected chi connectivity index (χ3v) is 6.37. The topological polar surface area (TPSA) is 48.4 Å². The molecule has 7 heteroatoms. The van der Waals surface area contributed by atoms with Crippen molar-refractivity contribution in [3.63, 3.8) is 0 Å². The summed E-state index contributed by atoms with van der Waals surface area (Å²) in [5.74, 6) is 1.63. The molecule has 0 spiro atoms. The molecular formula is C30H27ClN4O2. The summed E-state index contributed by atoms with van der Waals surface area (Å²) < 4.78 is 5.97. The summed E-state index contributed by atoms with van der Waals surface area (Å²) >= 11 is 5.99. The third kappa shape index (κ3) is 5.15. The molecular weight excluding hydrogens is 484 g/mol. The summed E-state index contributed by atoms with van der Waals surface area (Å²) in [7, 11) is 4.02. The number of anilines is 3. The van der Waals surface area contributed by atoms with Crippen molar-refractivity contribution < 1.29 is 9.53 Å². The number of amidine groups is 1. The van der Waals surface area contributed by atoms with Gasteiger partial charge in [0.1, 0.15) is 11.5 Å². The van der Waals surface area contributed by atoms with Crippen LogP contribution in [0.15, 0.2) is 108 Å². The monoisotopic (exact) mass is 510 g/mol. The molecule has 1 aliphatic heterocycles. The molecule has 1 atom stereocenters. The Morgan fingerprint density at radius 2 is 1.41 bits per heavy atom. The zero-order valence-corrected chi connectivity index (χ0v) is 21.6. The summed E-state index contributed by atoms with van der Waals surface area (Å²) in [6, 6.07) is 33.1. The number of carbonyl (C=O) groups excluding carboxylic acids is 1. The molecule has 0 fully saturated rings. The Labute approximate surface area is 222 Å². The lowest BCUT2D eigenvalue weighted by Gasteiger charge is -2.32. The maximum atomic E-state index is 12.8. The molecule has 0 unspecified atom stereocenters. The summed E-state index contributed by atoms with van der Waals surface area (Å²) in [6.45, 7) is 1.55. The van der Waals surface area contributed by atoms with Crippen molar-refractivity contribution in [2.45, 2.75) is 13.1 Å². The second-order valence-corrected chi connectivity index (χ2v) is 9.38. The van der Waals surface area contributed by atoms with Gasteiger partial charge < -0.3 is 9.64 Å².